The Morgan fingerprint density at radius 2 is 1.87 bits per heavy atom. The second-order valence-electron chi connectivity index (χ2n) is 5.34. The number of carboxylic acid groups (broad SMARTS) is 1. The van der Waals surface area contributed by atoms with Crippen molar-refractivity contribution in [2.75, 3.05) is 0 Å². The number of hydrogen-bond donors (Lipinski definition) is 2. The van der Waals surface area contributed by atoms with Crippen LogP contribution in [0.2, 0.25) is 0 Å². The second kappa shape index (κ2) is 4.39. The molecule has 1 aliphatic carbocycles. The zero-order valence-electron chi connectivity index (χ0n) is 9.86. The van der Waals surface area contributed by atoms with Gasteiger partial charge < -0.3 is 10.8 Å². The highest BCUT2D eigenvalue weighted by molar-refractivity contribution is 5.66. The van der Waals surface area contributed by atoms with Gasteiger partial charge in [0.25, 0.3) is 0 Å². The molecule has 0 aromatic carbocycles. The quantitative estimate of drug-likeness (QED) is 0.702. The average molecular weight is 214 g/mol. The normalized spacial score (nSPS) is 27.5. The molecule has 0 radical (unpaired) electrons. The monoisotopic (exact) mass is 214 g/mol. The van der Waals surface area contributed by atoms with E-state index < -0.39 is 6.09 Å². The van der Waals surface area contributed by atoms with Gasteiger partial charge in [-0.1, -0.05) is 12.8 Å². The van der Waals surface area contributed by atoms with Gasteiger partial charge in [-0.3, -0.25) is 4.90 Å². The van der Waals surface area contributed by atoms with Crippen LogP contribution < -0.4 is 5.73 Å². The molecule has 0 bridgehead atoms. The van der Waals surface area contributed by atoms with Crippen molar-refractivity contribution >= 4 is 6.09 Å². The van der Waals surface area contributed by atoms with Crippen molar-refractivity contribution in [2.24, 2.45) is 5.73 Å². The molecule has 1 rings (SSSR count). The number of hydrogen-bond acceptors (Lipinski definition) is 2. The van der Waals surface area contributed by atoms with Crippen LogP contribution in [0.15, 0.2) is 0 Å². The Bertz CT molecular complexity index is 235. The first-order valence-corrected chi connectivity index (χ1v) is 5.62. The lowest BCUT2D eigenvalue weighted by Crippen LogP contribution is -2.58. The lowest BCUT2D eigenvalue weighted by atomic mass is 9.87. The van der Waals surface area contributed by atoms with Gasteiger partial charge in [-0.2, -0.15) is 0 Å². The van der Waals surface area contributed by atoms with Crippen molar-refractivity contribution in [1.29, 1.82) is 0 Å². The molecule has 0 unspecified atom stereocenters. The molecule has 0 spiro atoms. The van der Waals surface area contributed by atoms with Crippen molar-refractivity contribution in [2.45, 2.75) is 64.1 Å². The van der Waals surface area contributed by atoms with E-state index in [-0.39, 0.29) is 17.6 Å². The molecule has 1 saturated carbocycles. The lowest BCUT2D eigenvalue weighted by molar-refractivity contribution is 0.0491. The topological polar surface area (TPSA) is 66.6 Å². The van der Waals surface area contributed by atoms with Crippen LogP contribution in [-0.4, -0.2) is 33.7 Å². The summed E-state index contributed by atoms with van der Waals surface area (Å²) >= 11 is 0. The molecule has 0 aliphatic heterocycles. The number of rotatable bonds is 1. The summed E-state index contributed by atoms with van der Waals surface area (Å²) < 4.78 is 0. The molecular formula is C11H22N2O2. The van der Waals surface area contributed by atoms with Gasteiger partial charge in [0.1, 0.15) is 0 Å². The smallest absolute Gasteiger partial charge is 0.408 e. The molecule has 0 saturated heterocycles. The number of amides is 1. The van der Waals surface area contributed by atoms with Crippen LogP contribution in [0.25, 0.3) is 0 Å². The predicted octanol–water partition coefficient (Wildman–Crippen LogP) is 2.03. The van der Waals surface area contributed by atoms with Crippen LogP contribution in [-0.2, 0) is 0 Å². The minimum Gasteiger partial charge on any atom is -0.465 e. The van der Waals surface area contributed by atoms with Crippen LogP contribution in [0.3, 0.4) is 0 Å². The SMILES string of the molecule is CC(C)(C)N(C(=O)O)[C@H]1CCCC[C@H]1N. The van der Waals surface area contributed by atoms with Gasteiger partial charge in [0, 0.05) is 11.6 Å². The molecule has 4 nitrogen and oxygen atoms in total. The summed E-state index contributed by atoms with van der Waals surface area (Å²) in [7, 11) is 0. The van der Waals surface area contributed by atoms with E-state index in [2.05, 4.69) is 0 Å². The van der Waals surface area contributed by atoms with Gasteiger partial charge >= 0.3 is 6.09 Å². The first kappa shape index (κ1) is 12.3. The van der Waals surface area contributed by atoms with Crippen LogP contribution in [0.4, 0.5) is 4.79 Å². The molecule has 1 aliphatic rings. The standard InChI is InChI=1S/C11H22N2O2/c1-11(2,3)13(10(14)15)9-7-5-4-6-8(9)12/h8-9H,4-7,12H2,1-3H3,(H,14,15)/t8-,9+/m1/s1. The largest absolute Gasteiger partial charge is 0.465 e. The first-order chi connectivity index (χ1) is 6.84. The fourth-order valence-corrected chi connectivity index (χ4v) is 2.39. The third kappa shape index (κ3) is 2.84. The number of carbonyl (C=O) groups is 1. The van der Waals surface area contributed by atoms with E-state index in [1.807, 2.05) is 20.8 Å². The van der Waals surface area contributed by atoms with Crippen molar-refractivity contribution in [3.8, 4) is 0 Å². The molecule has 15 heavy (non-hydrogen) atoms. The molecule has 1 fully saturated rings. The van der Waals surface area contributed by atoms with E-state index in [1.165, 1.54) is 4.90 Å². The molecule has 4 heteroatoms. The first-order valence-electron chi connectivity index (χ1n) is 5.62. The highest BCUT2D eigenvalue weighted by Crippen LogP contribution is 2.27. The van der Waals surface area contributed by atoms with E-state index in [4.69, 9.17) is 5.73 Å². The molecule has 1 amide bonds. The van der Waals surface area contributed by atoms with Crippen molar-refractivity contribution in [1.82, 2.24) is 4.90 Å². The Hall–Kier alpha value is -0.770. The Labute approximate surface area is 91.4 Å². The highest BCUT2D eigenvalue weighted by atomic mass is 16.4. The van der Waals surface area contributed by atoms with Crippen molar-refractivity contribution in [3.63, 3.8) is 0 Å². The average Bonchev–Trinajstić information content (AvgIpc) is 2.05. The summed E-state index contributed by atoms with van der Waals surface area (Å²) in [5.41, 5.74) is 5.64. The summed E-state index contributed by atoms with van der Waals surface area (Å²) in [6, 6.07) is -0.0228. The highest BCUT2D eigenvalue weighted by Gasteiger charge is 2.37. The minimum atomic E-state index is -0.857. The van der Waals surface area contributed by atoms with E-state index in [9.17, 15) is 9.90 Å². The fraction of sp³-hybridized carbons (Fsp3) is 0.909. The van der Waals surface area contributed by atoms with Gasteiger partial charge in [-0.15, -0.1) is 0 Å². The summed E-state index contributed by atoms with van der Waals surface area (Å²) in [6.07, 6.45) is 3.17. The Balaban J connectivity index is 2.83. The maximum atomic E-state index is 11.3. The van der Waals surface area contributed by atoms with Crippen LogP contribution in [0.5, 0.6) is 0 Å². The Morgan fingerprint density at radius 3 is 2.27 bits per heavy atom. The third-order valence-corrected chi connectivity index (χ3v) is 3.04. The predicted molar refractivity (Wildman–Crippen MR) is 59.8 cm³/mol. The van der Waals surface area contributed by atoms with Crippen LogP contribution in [0.1, 0.15) is 46.5 Å². The summed E-state index contributed by atoms with van der Waals surface area (Å²) in [5, 5.41) is 9.25. The van der Waals surface area contributed by atoms with E-state index >= 15 is 0 Å². The molecule has 0 heterocycles. The summed E-state index contributed by atoms with van der Waals surface area (Å²) in [6.45, 7) is 5.76. The maximum absolute atomic E-state index is 11.3. The maximum Gasteiger partial charge on any atom is 0.408 e. The molecule has 2 atom stereocenters. The molecule has 0 aromatic rings. The van der Waals surface area contributed by atoms with Crippen molar-refractivity contribution in [3.05, 3.63) is 0 Å². The zero-order chi connectivity index (χ0) is 11.6. The Kier molecular flexibility index (Phi) is 3.60. The van der Waals surface area contributed by atoms with Crippen molar-refractivity contribution < 1.29 is 9.90 Å². The van der Waals surface area contributed by atoms with E-state index in [1.54, 1.807) is 0 Å². The number of nitrogens with two attached hydrogens (primary N) is 1. The van der Waals surface area contributed by atoms with E-state index in [0.29, 0.717) is 0 Å². The van der Waals surface area contributed by atoms with Gasteiger partial charge in [0.05, 0.1) is 6.04 Å². The fourth-order valence-electron chi connectivity index (χ4n) is 2.39. The molecular weight excluding hydrogens is 192 g/mol. The van der Waals surface area contributed by atoms with Gasteiger partial charge in [0.2, 0.25) is 0 Å². The minimum absolute atomic E-state index is 0.00549. The molecule has 3 N–H and O–H groups in total. The summed E-state index contributed by atoms with van der Waals surface area (Å²) in [4.78, 5) is 12.8. The third-order valence-electron chi connectivity index (χ3n) is 3.04. The van der Waals surface area contributed by atoms with Gasteiger partial charge in [0.15, 0.2) is 0 Å². The van der Waals surface area contributed by atoms with E-state index in [0.717, 1.165) is 25.7 Å². The zero-order valence-corrected chi connectivity index (χ0v) is 9.86. The summed E-state index contributed by atoms with van der Waals surface area (Å²) in [5.74, 6) is 0. The van der Waals surface area contributed by atoms with Crippen LogP contribution in [0, 0.1) is 0 Å². The lowest BCUT2D eigenvalue weighted by Gasteiger charge is -2.44. The number of nitrogens with zero attached hydrogens (tertiary/aromatic N) is 1. The van der Waals surface area contributed by atoms with Crippen LogP contribution >= 0.6 is 0 Å². The van der Waals surface area contributed by atoms with Gasteiger partial charge in [-0.05, 0) is 33.6 Å². The molecule has 0 aromatic heterocycles. The molecule has 88 valence electrons. The van der Waals surface area contributed by atoms with Gasteiger partial charge in [-0.25, -0.2) is 4.79 Å². The Morgan fingerprint density at radius 1 is 1.33 bits per heavy atom. The second-order valence-corrected chi connectivity index (χ2v) is 5.34.